The van der Waals surface area contributed by atoms with Crippen molar-refractivity contribution in [1.29, 1.82) is 0 Å². The maximum atomic E-state index is 12.6. The minimum atomic E-state index is -0.460. The number of halogens is 1. The molecule has 0 bridgehead atoms. The van der Waals surface area contributed by atoms with E-state index in [9.17, 15) is 14.0 Å². The number of carbonyl (C=O) groups excluding carboxylic acids is 2. The van der Waals surface area contributed by atoms with Gasteiger partial charge in [0.05, 0.1) is 0 Å². The lowest BCUT2D eigenvalue weighted by atomic mass is 10.2. The zero-order valence-corrected chi connectivity index (χ0v) is 7.87. The molecule has 0 radical (unpaired) electrons. The fourth-order valence-electron chi connectivity index (χ4n) is 1.43. The summed E-state index contributed by atoms with van der Waals surface area (Å²) in [5.41, 5.74) is 0.585. The van der Waals surface area contributed by atoms with Crippen LogP contribution >= 0.6 is 0 Å². The highest BCUT2D eigenvalue weighted by atomic mass is 19.1. The van der Waals surface area contributed by atoms with Crippen molar-refractivity contribution in [2.24, 2.45) is 0 Å². The van der Waals surface area contributed by atoms with Crippen molar-refractivity contribution in [3.8, 4) is 0 Å². The third-order valence-electron chi connectivity index (χ3n) is 2.19. The standard InChI is InChI=1S/C10H9FN2O2/c11-7-1-3-8(4-2-7)13-6-5-9(14)12-10(13)15/h1-4H,5-6H2,(H,12,14,15). The molecule has 0 spiro atoms. The molecule has 2 rings (SSSR count). The smallest absolute Gasteiger partial charge is 0.294 e. The van der Waals surface area contributed by atoms with E-state index in [1.54, 1.807) is 0 Å². The van der Waals surface area contributed by atoms with Gasteiger partial charge in [0, 0.05) is 18.7 Å². The minimum Gasteiger partial charge on any atom is -0.294 e. The molecule has 1 aliphatic rings. The van der Waals surface area contributed by atoms with Crippen LogP contribution in [0.2, 0.25) is 0 Å². The van der Waals surface area contributed by atoms with Crippen LogP contribution in [0.15, 0.2) is 24.3 Å². The fraction of sp³-hybridized carbons (Fsp3) is 0.200. The molecule has 1 saturated heterocycles. The Kier molecular flexibility index (Phi) is 2.37. The number of hydrogen-bond acceptors (Lipinski definition) is 2. The third kappa shape index (κ3) is 1.96. The van der Waals surface area contributed by atoms with Gasteiger partial charge in [0.15, 0.2) is 0 Å². The molecule has 1 aliphatic heterocycles. The van der Waals surface area contributed by atoms with E-state index < -0.39 is 6.03 Å². The summed E-state index contributed by atoms with van der Waals surface area (Å²) < 4.78 is 12.6. The van der Waals surface area contributed by atoms with Crippen LogP contribution in [0.25, 0.3) is 0 Å². The number of nitrogens with one attached hydrogen (secondary N) is 1. The Morgan fingerprint density at radius 2 is 1.87 bits per heavy atom. The predicted molar refractivity (Wildman–Crippen MR) is 51.9 cm³/mol. The number of rotatable bonds is 1. The van der Waals surface area contributed by atoms with Crippen LogP contribution in [0, 0.1) is 5.82 Å². The second kappa shape index (κ2) is 3.68. The van der Waals surface area contributed by atoms with Crippen molar-refractivity contribution in [3.63, 3.8) is 0 Å². The van der Waals surface area contributed by atoms with Crippen molar-refractivity contribution in [2.45, 2.75) is 6.42 Å². The average Bonchev–Trinajstić information content (AvgIpc) is 2.20. The molecule has 1 fully saturated rings. The maximum Gasteiger partial charge on any atom is 0.328 e. The van der Waals surface area contributed by atoms with Gasteiger partial charge in [-0.2, -0.15) is 0 Å². The van der Waals surface area contributed by atoms with Gasteiger partial charge in [-0.3, -0.25) is 15.0 Å². The van der Waals surface area contributed by atoms with E-state index >= 15 is 0 Å². The van der Waals surface area contributed by atoms with Gasteiger partial charge in [-0.15, -0.1) is 0 Å². The molecular weight excluding hydrogens is 199 g/mol. The summed E-state index contributed by atoms with van der Waals surface area (Å²) in [5, 5.41) is 2.20. The number of urea groups is 1. The van der Waals surface area contributed by atoms with E-state index in [0.717, 1.165) is 0 Å². The molecule has 1 aromatic carbocycles. The van der Waals surface area contributed by atoms with E-state index in [4.69, 9.17) is 0 Å². The summed E-state index contributed by atoms with van der Waals surface area (Å²) in [6.45, 7) is 0.330. The average molecular weight is 208 g/mol. The highest BCUT2D eigenvalue weighted by Gasteiger charge is 2.23. The summed E-state index contributed by atoms with van der Waals surface area (Å²) >= 11 is 0. The lowest BCUT2D eigenvalue weighted by Crippen LogP contribution is -2.49. The summed E-state index contributed by atoms with van der Waals surface area (Å²) in [4.78, 5) is 23.7. The number of benzene rings is 1. The Morgan fingerprint density at radius 1 is 1.20 bits per heavy atom. The van der Waals surface area contributed by atoms with Gasteiger partial charge in [-0.1, -0.05) is 0 Å². The second-order valence-electron chi connectivity index (χ2n) is 3.23. The molecule has 0 aliphatic carbocycles. The quantitative estimate of drug-likeness (QED) is 0.755. The van der Waals surface area contributed by atoms with Crippen molar-refractivity contribution in [2.75, 3.05) is 11.4 Å². The number of anilines is 1. The van der Waals surface area contributed by atoms with Gasteiger partial charge in [0.25, 0.3) is 0 Å². The van der Waals surface area contributed by atoms with Gasteiger partial charge in [0.2, 0.25) is 5.91 Å². The van der Waals surface area contributed by atoms with Crippen LogP contribution in [0.3, 0.4) is 0 Å². The lowest BCUT2D eigenvalue weighted by Gasteiger charge is -2.26. The van der Waals surface area contributed by atoms with Crippen LogP contribution in [0.1, 0.15) is 6.42 Å². The SMILES string of the molecule is O=C1CCN(c2ccc(F)cc2)C(=O)N1. The van der Waals surface area contributed by atoms with Gasteiger partial charge < -0.3 is 0 Å². The Bertz CT molecular complexity index is 402. The Hall–Kier alpha value is -1.91. The van der Waals surface area contributed by atoms with Gasteiger partial charge in [-0.05, 0) is 24.3 Å². The first kappa shape index (κ1) is 9.64. The molecule has 1 aromatic rings. The van der Waals surface area contributed by atoms with Crippen LogP contribution in [-0.4, -0.2) is 18.5 Å². The number of nitrogens with zero attached hydrogens (tertiary/aromatic N) is 1. The van der Waals surface area contributed by atoms with Gasteiger partial charge in [-0.25, -0.2) is 9.18 Å². The fourth-order valence-corrected chi connectivity index (χ4v) is 1.43. The largest absolute Gasteiger partial charge is 0.328 e. The van der Waals surface area contributed by atoms with Gasteiger partial charge in [0.1, 0.15) is 5.82 Å². The van der Waals surface area contributed by atoms with Crippen molar-refractivity contribution in [1.82, 2.24) is 5.32 Å². The highest BCUT2D eigenvalue weighted by Crippen LogP contribution is 2.16. The van der Waals surface area contributed by atoms with Crippen LogP contribution in [-0.2, 0) is 4.79 Å². The van der Waals surface area contributed by atoms with Crippen molar-refractivity contribution in [3.05, 3.63) is 30.1 Å². The Balaban J connectivity index is 2.20. The summed E-state index contributed by atoms with van der Waals surface area (Å²) in [5.74, 6) is -0.634. The molecule has 0 unspecified atom stereocenters. The predicted octanol–water partition coefficient (Wildman–Crippen LogP) is 1.27. The first-order valence-corrected chi connectivity index (χ1v) is 4.54. The maximum absolute atomic E-state index is 12.6. The summed E-state index contributed by atoms with van der Waals surface area (Å²) in [6, 6.07) is 5.10. The van der Waals surface area contributed by atoms with Crippen LogP contribution in [0.5, 0.6) is 0 Å². The van der Waals surface area contributed by atoms with E-state index in [2.05, 4.69) is 5.32 Å². The van der Waals surface area contributed by atoms with Crippen LogP contribution in [0.4, 0.5) is 14.9 Å². The molecule has 0 atom stereocenters. The first-order valence-electron chi connectivity index (χ1n) is 4.54. The van der Waals surface area contributed by atoms with E-state index in [-0.39, 0.29) is 18.1 Å². The Labute approximate surface area is 85.7 Å². The third-order valence-corrected chi connectivity index (χ3v) is 2.19. The number of hydrogen-bond donors (Lipinski definition) is 1. The van der Waals surface area contributed by atoms with Gasteiger partial charge >= 0.3 is 6.03 Å². The molecule has 1 heterocycles. The molecule has 3 amide bonds. The minimum absolute atomic E-state index is 0.267. The number of amides is 3. The topological polar surface area (TPSA) is 49.4 Å². The molecule has 0 aromatic heterocycles. The molecule has 78 valence electrons. The molecule has 0 saturated carbocycles. The zero-order valence-electron chi connectivity index (χ0n) is 7.87. The van der Waals surface area contributed by atoms with E-state index in [1.165, 1.54) is 29.2 Å². The zero-order chi connectivity index (χ0) is 10.8. The molecule has 5 heteroatoms. The Morgan fingerprint density at radius 3 is 2.47 bits per heavy atom. The highest BCUT2D eigenvalue weighted by molar-refractivity contribution is 6.05. The van der Waals surface area contributed by atoms with Crippen molar-refractivity contribution >= 4 is 17.6 Å². The van der Waals surface area contributed by atoms with E-state index in [0.29, 0.717) is 12.2 Å². The normalized spacial score (nSPS) is 16.5. The van der Waals surface area contributed by atoms with E-state index in [1.807, 2.05) is 0 Å². The molecule has 4 nitrogen and oxygen atoms in total. The first-order chi connectivity index (χ1) is 7.16. The summed E-state index contributed by atoms with van der Waals surface area (Å²) in [7, 11) is 0. The summed E-state index contributed by atoms with van der Waals surface area (Å²) in [6.07, 6.45) is 0.267. The van der Waals surface area contributed by atoms with Crippen molar-refractivity contribution < 1.29 is 14.0 Å². The van der Waals surface area contributed by atoms with Crippen LogP contribution < -0.4 is 10.2 Å². The molecule has 15 heavy (non-hydrogen) atoms. The number of carbonyl (C=O) groups is 2. The second-order valence-corrected chi connectivity index (χ2v) is 3.23. The molecular formula is C10H9FN2O2. The lowest BCUT2D eigenvalue weighted by molar-refractivity contribution is -0.120. The monoisotopic (exact) mass is 208 g/mol. The number of imide groups is 1. The molecule has 1 N–H and O–H groups in total.